The average molecular weight is 588 g/mol. The molecule has 1 aliphatic rings. The Labute approximate surface area is 223 Å². The van der Waals surface area contributed by atoms with Gasteiger partial charge in [-0.2, -0.15) is 0 Å². The highest BCUT2D eigenvalue weighted by Crippen LogP contribution is 2.21. The molecule has 1 amide bonds. The number of carbonyl (C=O) groups excluding carboxylic acids is 2. The van der Waals surface area contributed by atoms with Crippen LogP contribution in [-0.4, -0.2) is 52.7 Å². The molecule has 3 aromatic rings. The lowest BCUT2D eigenvalue weighted by atomic mass is 10.2. The lowest BCUT2D eigenvalue weighted by Gasteiger charge is -2.28. The number of halogens is 1. The molecule has 1 saturated heterocycles. The van der Waals surface area contributed by atoms with E-state index in [0.29, 0.717) is 18.9 Å². The minimum absolute atomic E-state index is 0.106. The summed E-state index contributed by atoms with van der Waals surface area (Å²) in [5, 5.41) is 2.74. The Morgan fingerprint density at radius 1 is 0.919 bits per heavy atom. The van der Waals surface area contributed by atoms with E-state index >= 15 is 0 Å². The third kappa shape index (κ3) is 7.09. The molecule has 11 heteroatoms. The zero-order valence-electron chi connectivity index (χ0n) is 20.0. The summed E-state index contributed by atoms with van der Waals surface area (Å²) in [6, 6.07) is 19.4. The van der Waals surface area contributed by atoms with E-state index in [1.165, 1.54) is 43.3 Å². The van der Waals surface area contributed by atoms with Gasteiger partial charge in [-0.3, -0.25) is 9.52 Å². The summed E-state index contributed by atoms with van der Waals surface area (Å²) < 4.78 is 38.9. The molecular weight excluding hydrogens is 562 g/mol. The minimum Gasteiger partial charge on any atom is -0.449 e. The standard InChI is InChI=1S/C26H26BrN3O6S/c1-18(25(31)28-21-8-10-23(11-9-21)30-14-16-35-17-15-30)36-26(32)19-2-6-22(7-3-19)29-37(33,34)24-12-4-20(27)5-13-24/h2-13,18,29H,14-17H2,1H3,(H,28,31)/t18-/m0/s1. The van der Waals surface area contributed by atoms with Gasteiger partial charge in [-0.15, -0.1) is 0 Å². The van der Waals surface area contributed by atoms with E-state index in [1.54, 1.807) is 24.3 Å². The summed E-state index contributed by atoms with van der Waals surface area (Å²) in [4.78, 5) is 27.4. The van der Waals surface area contributed by atoms with E-state index in [1.807, 2.05) is 12.1 Å². The Morgan fingerprint density at radius 2 is 1.51 bits per heavy atom. The molecule has 9 nitrogen and oxygen atoms in total. The lowest BCUT2D eigenvalue weighted by molar-refractivity contribution is -0.123. The second-order valence-corrected chi connectivity index (χ2v) is 10.9. The van der Waals surface area contributed by atoms with Crippen LogP contribution in [0.25, 0.3) is 0 Å². The highest BCUT2D eigenvalue weighted by Gasteiger charge is 2.20. The largest absolute Gasteiger partial charge is 0.449 e. The van der Waals surface area contributed by atoms with Crippen molar-refractivity contribution in [3.8, 4) is 0 Å². The minimum atomic E-state index is -3.78. The molecule has 2 N–H and O–H groups in total. The van der Waals surface area contributed by atoms with Crippen LogP contribution < -0.4 is 14.9 Å². The van der Waals surface area contributed by atoms with Crippen molar-refractivity contribution in [1.29, 1.82) is 0 Å². The van der Waals surface area contributed by atoms with E-state index in [0.717, 1.165) is 23.2 Å². The predicted octanol–water partition coefficient (Wildman–Crippen LogP) is 4.27. The van der Waals surface area contributed by atoms with Gasteiger partial charge in [0.25, 0.3) is 15.9 Å². The molecule has 3 aromatic carbocycles. The second-order valence-electron chi connectivity index (χ2n) is 8.32. The Kier molecular flexibility index (Phi) is 8.47. The molecule has 1 aliphatic heterocycles. The van der Waals surface area contributed by atoms with Gasteiger partial charge in [0, 0.05) is 34.6 Å². The maximum Gasteiger partial charge on any atom is 0.338 e. The topological polar surface area (TPSA) is 114 Å². The maximum atomic E-state index is 12.5. The van der Waals surface area contributed by atoms with Crippen LogP contribution in [0.4, 0.5) is 17.1 Å². The number of nitrogens with one attached hydrogen (secondary N) is 2. The van der Waals surface area contributed by atoms with Crippen LogP contribution >= 0.6 is 15.9 Å². The molecular formula is C26H26BrN3O6S. The SMILES string of the molecule is C[C@H](OC(=O)c1ccc(NS(=O)(=O)c2ccc(Br)cc2)cc1)C(=O)Nc1ccc(N2CCOCC2)cc1. The quantitative estimate of drug-likeness (QED) is 0.378. The first-order valence-electron chi connectivity index (χ1n) is 11.5. The fraction of sp³-hybridized carbons (Fsp3) is 0.231. The summed E-state index contributed by atoms with van der Waals surface area (Å²) in [7, 11) is -3.78. The molecule has 4 rings (SSSR count). The molecule has 0 aliphatic carbocycles. The molecule has 1 fully saturated rings. The summed E-state index contributed by atoms with van der Waals surface area (Å²) in [5.41, 5.74) is 2.10. The lowest BCUT2D eigenvalue weighted by Crippen LogP contribution is -2.36. The zero-order valence-corrected chi connectivity index (χ0v) is 22.4. The van der Waals surface area contributed by atoms with Crippen molar-refractivity contribution in [3.63, 3.8) is 0 Å². The molecule has 0 radical (unpaired) electrons. The number of ether oxygens (including phenoxy) is 2. The number of benzene rings is 3. The first kappa shape index (κ1) is 26.6. The van der Waals surface area contributed by atoms with E-state index in [4.69, 9.17) is 9.47 Å². The van der Waals surface area contributed by atoms with Gasteiger partial charge < -0.3 is 19.7 Å². The number of amides is 1. The molecule has 0 saturated carbocycles. The van der Waals surface area contributed by atoms with Gasteiger partial charge in [0.05, 0.1) is 23.7 Å². The van der Waals surface area contributed by atoms with Crippen molar-refractivity contribution in [1.82, 2.24) is 0 Å². The molecule has 0 aromatic heterocycles. The van der Waals surface area contributed by atoms with Crippen molar-refractivity contribution in [3.05, 3.63) is 82.8 Å². The zero-order chi connectivity index (χ0) is 26.4. The van der Waals surface area contributed by atoms with E-state index in [-0.39, 0.29) is 16.1 Å². The number of hydrogen-bond donors (Lipinski definition) is 2. The van der Waals surface area contributed by atoms with Crippen LogP contribution in [0.2, 0.25) is 0 Å². The van der Waals surface area contributed by atoms with Crippen molar-refractivity contribution in [2.24, 2.45) is 0 Å². The Hall–Kier alpha value is -3.41. The summed E-state index contributed by atoms with van der Waals surface area (Å²) in [5.74, 6) is -1.17. The number of esters is 1. The fourth-order valence-electron chi connectivity index (χ4n) is 3.61. The molecule has 0 spiro atoms. The van der Waals surface area contributed by atoms with Crippen LogP contribution in [0, 0.1) is 0 Å². The first-order chi connectivity index (χ1) is 17.7. The third-order valence-electron chi connectivity index (χ3n) is 5.66. The number of anilines is 3. The number of rotatable bonds is 8. The van der Waals surface area contributed by atoms with Gasteiger partial charge in [-0.1, -0.05) is 15.9 Å². The monoisotopic (exact) mass is 587 g/mol. The van der Waals surface area contributed by atoms with E-state index in [9.17, 15) is 18.0 Å². The van der Waals surface area contributed by atoms with E-state index < -0.39 is 28.0 Å². The van der Waals surface area contributed by atoms with Crippen LogP contribution in [0.15, 0.2) is 82.2 Å². The summed E-state index contributed by atoms with van der Waals surface area (Å²) in [6.45, 7) is 4.49. The van der Waals surface area contributed by atoms with Crippen molar-refractivity contribution < 1.29 is 27.5 Å². The van der Waals surface area contributed by atoms with Gasteiger partial charge in [-0.25, -0.2) is 13.2 Å². The molecule has 0 unspecified atom stereocenters. The van der Waals surface area contributed by atoms with Crippen LogP contribution in [-0.2, 0) is 24.3 Å². The van der Waals surface area contributed by atoms with Gasteiger partial charge in [0.15, 0.2) is 6.10 Å². The van der Waals surface area contributed by atoms with Crippen LogP contribution in [0.5, 0.6) is 0 Å². The maximum absolute atomic E-state index is 12.5. The molecule has 194 valence electrons. The number of hydrogen-bond acceptors (Lipinski definition) is 7. The smallest absolute Gasteiger partial charge is 0.338 e. The van der Waals surface area contributed by atoms with Crippen molar-refractivity contribution >= 4 is 54.9 Å². The summed E-state index contributed by atoms with van der Waals surface area (Å²) in [6.07, 6.45) is -1.04. The second kappa shape index (κ2) is 11.8. The van der Waals surface area contributed by atoms with Crippen LogP contribution in [0.1, 0.15) is 17.3 Å². The van der Waals surface area contributed by atoms with Gasteiger partial charge in [0.1, 0.15) is 0 Å². The van der Waals surface area contributed by atoms with Gasteiger partial charge >= 0.3 is 5.97 Å². The first-order valence-corrected chi connectivity index (χ1v) is 13.8. The Bertz CT molecular complexity index is 1340. The Balaban J connectivity index is 1.30. The summed E-state index contributed by atoms with van der Waals surface area (Å²) >= 11 is 3.27. The highest BCUT2D eigenvalue weighted by atomic mass is 79.9. The normalized spacial score (nSPS) is 14.5. The molecule has 0 bridgehead atoms. The van der Waals surface area contributed by atoms with Gasteiger partial charge in [-0.05, 0) is 79.7 Å². The van der Waals surface area contributed by atoms with Crippen molar-refractivity contribution in [2.75, 3.05) is 41.2 Å². The van der Waals surface area contributed by atoms with Gasteiger partial charge in [0.2, 0.25) is 0 Å². The fourth-order valence-corrected chi connectivity index (χ4v) is 4.93. The Morgan fingerprint density at radius 3 is 2.14 bits per heavy atom. The third-order valence-corrected chi connectivity index (χ3v) is 7.59. The number of nitrogens with zero attached hydrogens (tertiary/aromatic N) is 1. The highest BCUT2D eigenvalue weighted by molar-refractivity contribution is 9.10. The number of morpholine rings is 1. The van der Waals surface area contributed by atoms with Crippen LogP contribution in [0.3, 0.4) is 0 Å². The predicted molar refractivity (Wildman–Crippen MR) is 144 cm³/mol. The van der Waals surface area contributed by atoms with Crippen molar-refractivity contribution in [2.45, 2.75) is 17.9 Å². The molecule has 1 heterocycles. The number of carbonyl (C=O) groups is 2. The van der Waals surface area contributed by atoms with E-state index in [2.05, 4.69) is 30.9 Å². The molecule has 37 heavy (non-hydrogen) atoms. The molecule has 1 atom stereocenters. The number of sulfonamides is 1. The average Bonchev–Trinajstić information content (AvgIpc) is 2.90.